The fourth-order valence-electron chi connectivity index (χ4n) is 1.70. The Labute approximate surface area is 123 Å². The van der Waals surface area contributed by atoms with Crippen LogP contribution in [0.5, 0.6) is 0 Å². The van der Waals surface area contributed by atoms with Gasteiger partial charge in [0.15, 0.2) is 0 Å². The van der Waals surface area contributed by atoms with Crippen LogP contribution in [-0.2, 0) is 13.5 Å². The monoisotopic (exact) mass is 348 g/mol. The first-order valence-electron chi connectivity index (χ1n) is 5.28. The third-order valence-electron chi connectivity index (χ3n) is 2.69. The van der Waals surface area contributed by atoms with Gasteiger partial charge in [0.25, 0.3) is 0 Å². The van der Waals surface area contributed by atoms with Gasteiger partial charge < -0.3 is 9.67 Å². The maximum atomic E-state index is 10.1. The highest BCUT2D eigenvalue weighted by atomic mass is 79.9. The second-order valence-corrected chi connectivity index (χ2v) is 5.66. The van der Waals surface area contributed by atoms with Gasteiger partial charge in [0.05, 0.1) is 6.20 Å². The summed E-state index contributed by atoms with van der Waals surface area (Å²) in [5.41, 5.74) is 0.867. The second kappa shape index (κ2) is 5.61. The zero-order valence-corrected chi connectivity index (χ0v) is 12.7. The number of aliphatic hydroxyl groups excluding tert-OH is 1. The van der Waals surface area contributed by atoms with Crippen molar-refractivity contribution in [2.24, 2.45) is 7.05 Å². The van der Waals surface area contributed by atoms with Gasteiger partial charge in [-0.3, -0.25) is 0 Å². The molecule has 0 radical (unpaired) electrons. The van der Waals surface area contributed by atoms with Crippen LogP contribution in [0, 0.1) is 0 Å². The predicted octanol–water partition coefficient (Wildman–Crippen LogP) is 3.77. The Morgan fingerprint density at radius 3 is 2.72 bits per heavy atom. The highest BCUT2D eigenvalue weighted by Crippen LogP contribution is 2.26. The summed E-state index contributed by atoms with van der Waals surface area (Å²) in [7, 11) is 1.76. The molecular formula is C12H11BrCl2N2O. The van der Waals surface area contributed by atoms with Gasteiger partial charge in [-0.05, 0) is 17.7 Å². The minimum atomic E-state index is -0.735. The van der Waals surface area contributed by atoms with Gasteiger partial charge >= 0.3 is 0 Å². The van der Waals surface area contributed by atoms with Crippen molar-refractivity contribution in [2.75, 3.05) is 0 Å². The third kappa shape index (κ3) is 2.88. The van der Waals surface area contributed by atoms with Crippen molar-refractivity contribution < 1.29 is 5.11 Å². The molecule has 0 aliphatic heterocycles. The minimum Gasteiger partial charge on any atom is -0.385 e. The van der Waals surface area contributed by atoms with Gasteiger partial charge in [-0.2, -0.15) is 0 Å². The van der Waals surface area contributed by atoms with E-state index in [1.807, 2.05) is 12.1 Å². The maximum absolute atomic E-state index is 10.1. The zero-order chi connectivity index (χ0) is 13.3. The molecule has 0 saturated carbocycles. The Bertz CT molecular complexity index is 571. The van der Waals surface area contributed by atoms with Crippen molar-refractivity contribution in [3.8, 4) is 0 Å². The molecule has 1 aromatic heterocycles. The van der Waals surface area contributed by atoms with Crippen LogP contribution in [0.1, 0.15) is 17.5 Å². The molecule has 0 amide bonds. The summed E-state index contributed by atoms with van der Waals surface area (Å²) >= 11 is 15.3. The minimum absolute atomic E-state index is 0.396. The van der Waals surface area contributed by atoms with E-state index in [1.165, 1.54) is 6.20 Å². The fourth-order valence-corrected chi connectivity index (χ4v) is 2.58. The average molecular weight is 350 g/mol. The van der Waals surface area contributed by atoms with Gasteiger partial charge in [-0.1, -0.05) is 45.2 Å². The molecule has 1 heterocycles. The summed E-state index contributed by atoms with van der Waals surface area (Å²) in [4.78, 5) is 4.09. The SMILES string of the molecule is Cn1c(Cl)cnc1C(O)Cc1ccc(Br)cc1Cl. The van der Waals surface area contributed by atoms with Gasteiger partial charge in [0, 0.05) is 23.0 Å². The summed E-state index contributed by atoms with van der Waals surface area (Å²) < 4.78 is 2.56. The van der Waals surface area contributed by atoms with E-state index >= 15 is 0 Å². The molecule has 1 unspecified atom stereocenters. The molecule has 1 atom stereocenters. The predicted molar refractivity (Wildman–Crippen MR) is 76.0 cm³/mol. The number of imidazole rings is 1. The number of benzene rings is 1. The molecular weight excluding hydrogens is 339 g/mol. The Hall–Kier alpha value is -0.550. The van der Waals surface area contributed by atoms with Crippen LogP contribution in [-0.4, -0.2) is 14.7 Å². The molecule has 18 heavy (non-hydrogen) atoms. The third-order valence-corrected chi connectivity index (χ3v) is 3.89. The Kier molecular flexibility index (Phi) is 4.33. The lowest BCUT2D eigenvalue weighted by Crippen LogP contribution is -2.09. The lowest BCUT2D eigenvalue weighted by molar-refractivity contribution is 0.165. The van der Waals surface area contributed by atoms with E-state index in [1.54, 1.807) is 17.7 Å². The summed E-state index contributed by atoms with van der Waals surface area (Å²) in [5, 5.41) is 11.3. The standard InChI is InChI=1S/C12H11BrCl2N2O/c1-17-11(15)6-16-12(17)10(18)4-7-2-3-8(13)5-9(7)14/h2-3,5-6,10,18H,4H2,1H3. The molecule has 2 aromatic rings. The molecule has 96 valence electrons. The highest BCUT2D eigenvalue weighted by Gasteiger charge is 2.16. The van der Waals surface area contributed by atoms with Crippen LogP contribution >= 0.6 is 39.1 Å². The van der Waals surface area contributed by atoms with Crippen LogP contribution in [0.4, 0.5) is 0 Å². The number of hydrogen-bond donors (Lipinski definition) is 1. The van der Waals surface area contributed by atoms with Gasteiger partial charge in [-0.25, -0.2) is 4.98 Å². The van der Waals surface area contributed by atoms with Gasteiger partial charge in [0.2, 0.25) is 0 Å². The molecule has 0 spiro atoms. The zero-order valence-electron chi connectivity index (χ0n) is 9.57. The number of halogens is 3. The van der Waals surface area contributed by atoms with Crippen LogP contribution in [0.2, 0.25) is 10.2 Å². The van der Waals surface area contributed by atoms with Crippen molar-refractivity contribution in [2.45, 2.75) is 12.5 Å². The highest BCUT2D eigenvalue weighted by molar-refractivity contribution is 9.10. The lowest BCUT2D eigenvalue weighted by atomic mass is 10.1. The van der Waals surface area contributed by atoms with Crippen LogP contribution < -0.4 is 0 Å². The molecule has 0 aliphatic rings. The van der Waals surface area contributed by atoms with E-state index in [9.17, 15) is 5.11 Å². The number of rotatable bonds is 3. The molecule has 0 fully saturated rings. The molecule has 0 bridgehead atoms. The molecule has 0 saturated heterocycles. The number of aromatic nitrogens is 2. The molecule has 0 aliphatic carbocycles. The molecule has 1 aromatic carbocycles. The first-order valence-corrected chi connectivity index (χ1v) is 6.83. The number of hydrogen-bond acceptors (Lipinski definition) is 2. The Morgan fingerprint density at radius 2 is 2.17 bits per heavy atom. The molecule has 3 nitrogen and oxygen atoms in total. The molecule has 6 heteroatoms. The summed E-state index contributed by atoms with van der Waals surface area (Å²) in [6.45, 7) is 0. The normalized spacial score (nSPS) is 12.7. The fraction of sp³-hybridized carbons (Fsp3) is 0.250. The Morgan fingerprint density at radius 1 is 1.44 bits per heavy atom. The molecule has 2 rings (SSSR count). The van der Waals surface area contributed by atoms with Crippen molar-refractivity contribution in [3.05, 3.63) is 50.4 Å². The second-order valence-electron chi connectivity index (χ2n) is 3.95. The van der Waals surface area contributed by atoms with E-state index < -0.39 is 6.10 Å². The lowest BCUT2D eigenvalue weighted by Gasteiger charge is -2.12. The number of aliphatic hydroxyl groups is 1. The summed E-state index contributed by atoms with van der Waals surface area (Å²) in [5.74, 6) is 0.527. The van der Waals surface area contributed by atoms with Crippen LogP contribution in [0.3, 0.4) is 0 Å². The van der Waals surface area contributed by atoms with Crippen molar-refractivity contribution >= 4 is 39.1 Å². The van der Waals surface area contributed by atoms with E-state index in [0.29, 0.717) is 22.4 Å². The first-order chi connectivity index (χ1) is 8.49. The number of nitrogens with zero attached hydrogens (tertiary/aromatic N) is 2. The van der Waals surface area contributed by atoms with E-state index in [2.05, 4.69) is 20.9 Å². The van der Waals surface area contributed by atoms with Crippen LogP contribution in [0.25, 0.3) is 0 Å². The largest absolute Gasteiger partial charge is 0.385 e. The van der Waals surface area contributed by atoms with Gasteiger partial charge in [0.1, 0.15) is 17.1 Å². The van der Waals surface area contributed by atoms with Crippen LogP contribution in [0.15, 0.2) is 28.9 Å². The quantitative estimate of drug-likeness (QED) is 0.915. The summed E-state index contributed by atoms with van der Waals surface area (Å²) in [6.07, 6.45) is 1.18. The van der Waals surface area contributed by atoms with Gasteiger partial charge in [-0.15, -0.1) is 0 Å². The summed E-state index contributed by atoms with van der Waals surface area (Å²) in [6, 6.07) is 5.56. The topological polar surface area (TPSA) is 38.0 Å². The van der Waals surface area contributed by atoms with Crippen molar-refractivity contribution in [1.29, 1.82) is 0 Å². The maximum Gasteiger partial charge on any atom is 0.138 e. The van der Waals surface area contributed by atoms with E-state index in [4.69, 9.17) is 23.2 Å². The Balaban J connectivity index is 2.21. The van der Waals surface area contributed by atoms with E-state index in [-0.39, 0.29) is 0 Å². The molecule has 1 N–H and O–H groups in total. The average Bonchev–Trinajstić information content (AvgIpc) is 2.64. The van der Waals surface area contributed by atoms with Crippen molar-refractivity contribution in [1.82, 2.24) is 9.55 Å². The van der Waals surface area contributed by atoms with E-state index in [0.717, 1.165) is 10.0 Å². The first kappa shape index (κ1) is 13.9. The smallest absolute Gasteiger partial charge is 0.138 e. The van der Waals surface area contributed by atoms with Crippen molar-refractivity contribution in [3.63, 3.8) is 0 Å².